The zero-order valence-corrected chi connectivity index (χ0v) is 11.1. The zero-order chi connectivity index (χ0) is 13.1. The SMILES string of the molecule is CCc1nc(N2CCCCC2C(C)N)cc(=O)[nH]1. The molecule has 1 aliphatic rings. The van der Waals surface area contributed by atoms with Crippen molar-refractivity contribution in [2.45, 2.75) is 51.6 Å². The van der Waals surface area contributed by atoms with Gasteiger partial charge in [-0.05, 0) is 26.2 Å². The standard InChI is InChI=1S/C13H22N4O/c1-3-11-15-12(8-13(18)16-11)17-7-5-4-6-10(17)9(2)14/h8-10H,3-7,14H2,1-2H3,(H,15,16,18). The van der Waals surface area contributed by atoms with Gasteiger partial charge in [0, 0.05) is 31.1 Å². The molecule has 2 atom stereocenters. The van der Waals surface area contributed by atoms with E-state index >= 15 is 0 Å². The average molecular weight is 250 g/mol. The second-order valence-corrected chi connectivity index (χ2v) is 5.02. The van der Waals surface area contributed by atoms with Gasteiger partial charge in [0.05, 0.1) is 0 Å². The van der Waals surface area contributed by atoms with Gasteiger partial charge in [0.1, 0.15) is 11.6 Å². The fourth-order valence-electron chi connectivity index (χ4n) is 2.60. The molecule has 5 nitrogen and oxygen atoms in total. The molecule has 1 saturated heterocycles. The first-order valence-electron chi connectivity index (χ1n) is 6.74. The Hall–Kier alpha value is -1.36. The van der Waals surface area contributed by atoms with Crippen molar-refractivity contribution < 1.29 is 0 Å². The normalized spacial score (nSPS) is 21.9. The van der Waals surface area contributed by atoms with Crippen LogP contribution >= 0.6 is 0 Å². The monoisotopic (exact) mass is 250 g/mol. The van der Waals surface area contributed by atoms with Gasteiger partial charge in [-0.1, -0.05) is 6.92 Å². The third kappa shape index (κ3) is 2.72. The number of aromatic amines is 1. The van der Waals surface area contributed by atoms with Gasteiger partial charge in [-0.25, -0.2) is 4.98 Å². The minimum absolute atomic E-state index is 0.0779. The minimum atomic E-state index is -0.0779. The number of aryl methyl sites for hydroxylation is 1. The number of aromatic nitrogens is 2. The fraction of sp³-hybridized carbons (Fsp3) is 0.692. The summed E-state index contributed by atoms with van der Waals surface area (Å²) in [5.74, 6) is 1.52. The molecule has 2 heterocycles. The molecule has 18 heavy (non-hydrogen) atoms. The van der Waals surface area contributed by atoms with Crippen molar-refractivity contribution in [3.05, 3.63) is 22.2 Å². The summed E-state index contributed by atoms with van der Waals surface area (Å²) >= 11 is 0. The quantitative estimate of drug-likeness (QED) is 0.840. The number of piperidine rings is 1. The Bertz CT molecular complexity index is 455. The van der Waals surface area contributed by atoms with E-state index in [1.54, 1.807) is 6.07 Å². The Labute approximate surface area is 107 Å². The first kappa shape index (κ1) is 13.1. The molecule has 2 unspecified atom stereocenters. The van der Waals surface area contributed by atoms with Crippen molar-refractivity contribution in [2.24, 2.45) is 5.73 Å². The Morgan fingerprint density at radius 2 is 2.39 bits per heavy atom. The summed E-state index contributed by atoms with van der Waals surface area (Å²) in [7, 11) is 0. The van der Waals surface area contributed by atoms with E-state index in [1.807, 2.05) is 13.8 Å². The molecule has 0 saturated carbocycles. The molecule has 0 spiro atoms. The van der Waals surface area contributed by atoms with E-state index in [9.17, 15) is 4.79 Å². The lowest BCUT2D eigenvalue weighted by Gasteiger charge is -2.38. The van der Waals surface area contributed by atoms with E-state index < -0.39 is 0 Å². The van der Waals surface area contributed by atoms with Gasteiger partial charge in [0.15, 0.2) is 0 Å². The highest BCUT2D eigenvalue weighted by atomic mass is 16.1. The van der Waals surface area contributed by atoms with Crippen LogP contribution in [0.1, 0.15) is 38.9 Å². The van der Waals surface area contributed by atoms with Gasteiger partial charge in [-0.3, -0.25) is 4.79 Å². The molecule has 5 heteroatoms. The van der Waals surface area contributed by atoms with Crippen molar-refractivity contribution in [1.82, 2.24) is 9.97 Å². The van der Waals surface area contributed by atoms with Crippen molar-refractivity contribution in [1.29, 1.82) is 0 Å². The topological polar surface area (TPSA) is 75.0 Å². The maximum Gasteiger partial charge on any atom is 0.252 e. The van der Waals surface area contributed by atoms with Crippen LogP contribution in [0.4, 0.5) is 5.82 Å². The first-order valence-corrected chi connectivity index (χ1v) is 6.74. The Balaban J connectivity index is 2.33. The molecule has 0 aromatic carbocycles. The Morgan fingerprint density at radius 3 is 3.06 bits per heavy atom. The fourth-order valence-corrected chi connectivity index (χ4v) is 2.60. The molecule has 2 rings (SSSR count). The summed E-state index contributed by atoms with van der Waals surface area (Å²) < 4.78 is 0. The molecule has 0 bridgehead atoms. The summed E-state index contributed by atoms with van der Waals surface area (Å²) in [5, 5.41) is 0. The average Bonchev–Trinajstić information content (AvgIpc) is 2.38. The molecule has 100 valence electrons. The highest BCUT2D eigenvalue weighted by Crippen LogP contribution is 2.23. The van der Waals surface area contributed by atoms with Crippen molar-refractivity contribution in [3.8, 4) is 0 Å². The van der Waals surface area contributed by atoms with Crippen molar-refractivity contribution in [3.63, 3.8) is 0 Å². The number of anilines is 1. The third-order valence-electron chi connectivity index (χ3n) is 3.56. The molecule has 1 aromatic heterocycles. The molecular weight excluding hydrogens is 228 g/mol. The van der Waals surface area contributed by atoms with E-state index in [1.165, 1.54) is 6.42 Å². The summed E-state index contributed by atoms with van der Waals surface area (Å²) in [4.78, 5) is 21.1. The van der Waals surface area contributed by atoms with Crippen LogP contribution in [0.5, 0.6) is 0 Å². The molecule has 0 aliphatic carbocycles. The Kier molecular flexibility index (Phi) is 4.01. The number of hydrogen-bond donors (Lipinski definition) is 2. The molecule has 3 N–H and O–H groups in total. The first-order chi connectivity index (χ1) is 8.61. The lowest BCUT2D eigenvalue weighted by molar-refractivity contribution is 0.410. The summed E-state index contributed by atoms with van der Waals surface area (Å²) in [6, 6.07) is 1.97. The molecule has 1 aliphatic heterocycles. The Morgan fingerprint density at radius 1 is 1.61 bits per heavy atom. The number of H-pyrrole nitrogens is 1. The smallest absolute Gasteiger partial charge is 0.252 e. The second-order valence-electron chi connectivity index (χ2n) is 5.02. The number of nitrogens with zero attached hydrogens (tertiary/aromatic N) is 2. The number of nitrogens with two attached hydrogens (primary N) is 1. The van der Waals surface area contributed by atoms with Gasteiger partial charge in [-0.2, -0.15) is 0 Å². The largest absolute Gasteiger partial charge is 0.352 e. The molecular formula is C13H22N4O. The summed E-state index contributed by atoms with van der Waals surface area (Å²) in [6.45, 7) is 4.95. The van der Waals surface area contributed by atoms with Crippen LogP contribution in [0.3, 0.4) is 0 Å². The number of nitrogens with one attached hydrogen (secondary N) is 1. The van der Waals surface area contributed by atoms with Crippen molar-refractivity contribution in [2.75, 3.05) is 11.4 Å². The summed E-state index contributed by atoms with van der Waals surface area (Å²) in [6.07, 6.45) is 4.15. The highest BCUT2D eigenvalue weighted by molar-refractivity contribution is 5.40. The van der Waals surface area contributed by atoms with Gasteiger partial charge in [-0.15, -0.1) is 0 Å². The van der Waals surface area contributed by atoms with Crippen LogP contribution in [0.15, 0.2) is 10.9 Å². The number of hydrogen-bond acceptors (Lipinski definition) is 4. The third-order valence-corrected chi connectivity index (χ3v) is 3.56. The van der Waals surface area contributed by atoms with E-state index in [-0.39, 0.29) is 17.6 Å². The zero-order valence-electron chi connectivity index (χ0n) is 11.1. The minimum Gasteiger partial charge on any atom is -0.352 e. The van der Waals surface area contributed by atoms with Crippen LogP contribution in [0.25, 0.3) is 0 Å². The van der Waals surface area contributed by atoms with E-state index in [2.05, 4.69) is 14.9 Å². The van der Waals surface area contributed by atoms with Gasteiger partial charge in [0.25, 0.3) is 5.56 Å². The van der Waals surface area contributed by atoms with Crippen molar-refractivity contribution >= 4 is 5.82 Å². The van der Waals surface area contributed by atoms with Crippen LogP contribution in [0.2, 0.25) is 0 Å². The maximum atomic E-state index is 11.6. The summed E-state index contributed by atoms with van der Waals surface area (Å²) in [5.41, 5.74) is 5.97. The lowest BCUT2D eigenvalue weighted by atomic mass is 9.97. The van der Waals surface area contributed by atoms with Crippen LogP contribution in [-0.2, 0) is 6.42 Å². The van der Waals surface area contributed by atoms with Gasteiger partial charge in [0.2, 0.25) is 0 Å². The van der Waals surface area contributed by atoms with Crippen LogP contribution < -0.4 is 16.2 Å². The second kappa shape index (κ2) is 5.52. The van der Waals surface area contributed by atoms with E-state index in [0.717, 1.165) is 37.4 Å². The van der Waals surface area contributed by atoms with Crippen LogP contribution in [0, 0.1) is 0 Å². The maximum absolute atomic E-state index is 11.6. The van der Waals surface area contributed by atoms with Gasteiger partial charge < -0.3 is 15.6 Å². The predicted octanol–water partition coefficient (Wildman–Crippen LogP) is 1.04. The number of rotatable bonds is 3. The van der Waals surface area contributed by atoms with Gasteiger partial charge >= 0.3 is 0 Å². The molecule has 0 radical (unpaired) electrons. The highest BCUT2D eigenvalue weighted by Gasteiger charge is 2.26. The van der Waals surface area contributed by atoms with E-state index in [0.29, 0.717) is 0 Å². The molecule has 1 aromatic rings. The predicted molar refractivity (Wildman–Crippen MR) is 72.9 cm³/mol. The molecule has 0 amide bonds. The van der Waals surface area contributed by atoms with E-state index in [4.69, 9.17) is 5.73 Å². The molecule has 1 fully saturated rings. The lowest BCUT2D eigenvalue weighted by Crippen LogP contribution is -2.50. The van der Waals surface area contributed by atoms with Crippen LogP contribution in [-0.4, -0.2) is 28.6 Å².